The highest BCUT2D eigenvalue weighted by molar-refractivity contribution is 6.35. The number of halogens is 2. The molecule has 5 heteroatoms. The fourth-order valence-electron chi connectivity index (χ4n) is 2.21. The van der Waals surface area contributed by atoms with Crippen LogP contribution in [0.25, 0.3) is 0 Å². The molecule has 1 aliphatic heterocycles. The summed E-state index contributed by atoms with van der Waals surface area (Å²) in [6.07, 6.45) is 0. The molecule has 0 aromatic heterocycles. The van der Waals surface area contributed by atoms with Crippen molar-refractivity contribution in [1.29, 1.82) is 0 Å². The number of rotatable bonds is 2. The summed E-state index contributed by atoms with van der Waals surface area (Å²) in [5, 5.41) is 4.38. The van der Waals surface area contributed by atoms with E-state index in [1.807, 2.05) is 6.07 Å². The Morgan fingerprint density at radius 3 is 2.82 bits per heavy atom. The normalized spacial score (nSPS) is 23.7. The minimum Gasteiger partial charge on any atom is -0.469 e. The molecule has 0 amide bonds. The van der Waals surface area contributed by atoms with Crippen molar-refractivity contribution in [3.05, 3.63) is 33.8 Å². The third-order valence-corrected chi connectivity index (χ3v) is 3.64. The van der Waals surface area contributed by atoms with Crippen LogP contribution in [0.2, 0.25) is 10.0 Å². The van der Waals surface area contributed by atoms with Gasteiger partial charge in [-0.1, -0.05) is 29.3 Å². The van der Waals surface area contributed by atoms with Crippen LogP contribution in [0.5, 0.6) is 0 Å². The van der Waals surface area contributed by atoms with Gasteiger partial charge in [-0.3, -0.25) is 4.79 Å². The lowest BCUT2D eigenvalue weighted by molar-refractivity contribution is -0.145. The largest absolute Gasteiger partial charge is 0.469 e. The molecule has 0 radical (unpaired) electrons. The predicted molar refractivity (Wildman–Crippen MR) is 67.6 cm³/mol. The first-order valence-electron chi connectivity index (χ1n) is 5.37. The highest BCUT2D eigenvalue weighted by atomic mass is 35.5. The summed E-state index contributed by atoms with van der Waals surface area (Å²) >= 11 is 12.0. The Balaban J connectivity index is 2.29. The van der Waals surface area contributed by atoms with Crippen LogP contribution in [-0.4, -0.2) is 26.2 Å². The van der Waals surface area contributed by atoms with Gasteiger partial charge in [-0.2, -0.15) is 0 Å². The third-order valence-electron chi connectivity index (χ3n) is 3.08. The molecule has 1 N–H and O–H groups in total. The molecule has 0 saturated carbocycles. The summed E-state index contributed by atoms with van der Waals surface area (Å²) in [5.74, 6) is -0.336. The van der Waals surface area contributed by atoms with E-state index in [9.17, 15) is 4.79 Å². The smallest absolute Gasteiger partial charge is 0.310 e. The van der Waals surface area contributed by atoms with E-state index in [4.69, 9.17) is 27.9 Å². The van der Waals surface area contributed by atoms with Crippen LogP contribution in [-0.2, 0) is 9.53 Å². The second kappa shape index (κ2) is 5.25. The van der Waals surface area contributed by atoms with Gasteiger partial charge >= 0.3 is 5.97 Å². The van der Waals surface area contributed by atoms with Crippen LogP contribution in [0.3, 0.4) is 0 Å². The van der Waals surface area contributed by atoms with E-state index >= 15 is 0 Å². The van der Waals surface area contributed by atoms with Crippen LogP contribution in [0.1, 0.15) is 11.5 Å². The summed E-state index contributed by atoms with van der Waals surface area (Å²) < 4.78 is 4.80. The topological polar surface area (TPSA) is 38.3 Å². The molecule has 0 aliphatic carbocycles. The predicted octanol–water partition coefficient (Wildman–Crippen LogP) is 2.47. The van der Waals surface area contributed by atoms with Crippen LogP contribution in [0, 0.1) is 5.92 Å². The molecule has 17 heavy (non-hydrogen) atoms. The third kappa shape index (κ3) is 2.57. The standard InChI is InChI=1S/C12H13Cl2NO2/c1-17-12(16)10-6-15-5-9(10)8-3-2-7(13)4-11(8)14/h2-4,9-10,15H,5-6H2,1H3/t9-,10-/m0/s1. The fourth-order valence-corrected chi connectivity index (χ4v) is 2.76. The van der Waals surface area contributed by atoms with E-state index in [1.165, 1.54) is 7.11 Å². The molecule has 1 fully saturated rings. The molecule has 1 heterocycles. The van der Waals surface area contributed by atoms with E-state index in [0.717, 1.165) is 12.1 Å². The molecule has 92 valence electrons. The molecule has 0 unspecified atom stereocenters. The maximum Gasteiger partial charge on any atom is 0.310 e. The quantitative estimate of drug-likeness (QED) is 0.842. The van der Waals surface area contributed by atoms with Gasteiger partial charge in [0.2, 0.25) is 0 Å². The van der Waals surface area contributed by atoms with Crippen molar-refractivity contribution in [1.82, 2.24) is 5.32 Å². The van der Waals surface area contributed by atoms with Gasteiger partial charge in [0.25, 0.3) is 0 Å². The average Bonchev–Trinajstić information content (AvgIpc) is 2.77. The van der Waals surface area contributed by atoms with Crippen LogP contribution in [0.15, 0.2) is 18.2 Å². The zero-order valence-electron chi connectivity index (χ0n) is 9.37. The first kappa shape index (κ1) is 12.7. The Kier molecular flexibility index (Phi) is 3.92. The summed E-state index contributed by atoms with van der Waals surface area (Å²) in [7, 11) is 1.40. The summed E-state index contributed by atoms with van der Waals surface area (Å²) in [5.41, 5.74) is 0.941. The lowest BCUT2D eigenvalue weighted by atomic mass is 9.89. The fraction of sp³-hybridized carbons (Fsp3) is 0.417. The first-order valence-corrected chi connectivity index (χ1v) is 6.12. The summed E-state index contributed by atoms with van der Waals surface area (Å²) in [6, 6.07) is 5.36. The molecular weight excluding hydrogens is 261 g/mol. The van der Waals surface area contributed by atoms with Gasteiger partial charge in [0, 0.05) is 29.1 Å². The van der Waals surface area contributed by atoms with Crippen molar-refractivity contribution in [2.75, 3.05) is 20.2 Å². The highest BCUT2D eigenvalue weighted by Crippen LogP contribution is 2.34. The summed E-state index contributed by atoms with van der Waals surface area (Å²) in [4.78, 5) is 11.6. The molecule has 1 saturated heterocycles. The number of benzene rings is 1. The molecule has 1 aromatic carbocycles. The zero-order chi connectivity index (χ0) is 12.4. The number of hydrogen-bond donors (Lipinski definition) is 1. The Morgan fingerprint density at radius 1 is 1.41 bits per heavy atom. The molecule has 0 spiro atoms. The van der Waals surface area contributed by atoms with Gasteiger partial charge in [0.1, 0.15) is 0 Å². The molecule has 2 atom stereocenters. The lowest BCUT2D eigenvalue weighted by Gasteiger charge is -2.18. The van der Waals surface area contributed by atoms with Gasteiger partial charge in [0.15, 0.2) is 0 Å². The van der Waals surface area contributed by atoms with Gasteiger partial charge < -0.3 is 10.1 Å². The van der Waals surface area contributed by atoms with Gasteiger partial charge in [-0.05, 0) is 17.7 Å². The Labute approximate surface area is 110 Å². The van der Waals surface area contributed by atoms with Crippen molar-refractivity contribution >= 4 is 29.2 Å². The first-order chi connectivity index (χ1) is 8.13. The Morgan fingerprint density at radius 2 is 2.18 bits per heavy atom. The molecule has 1 aliphatic rings. The number of ether oxygens (including phenoxy) is 1. The van der Waals surface area contributed by atoms with Crippen LogP contribution in [0.4, 0.5) is 0 Å². The number of methoxy groups -OCH3 is 1. The highest BCUT2D eigenvalue weighted by Gasteiger charge is 2.35. The molecule has 2 rings (SSSR count). The van der Waals surface area contributed by atoms with E-state index < -0.39 is 0 Å². The number of carbonyl (C=O) groups excluding carboxylic acids is 1. The zero-order valence-corrected chi connectivity index (χ0v) is 10.9. The maximum atomic E-state index is 11.6. The summed E-state index contributed by atoms with van der Waals surface area (Å²) in [6.45, 7) is 1.34. The van der Waals surface area contributed by atoms with E-state index in [1.54, 1.807) is 12.1 Å². The van der Waals surface area contributed by atoms with Crippen molar-refractivity contribution in [2.45, 2.75) is 5.92 Å². The van der Waals surface area contributed by atoms with Crippen molar-refractivity contribution in [3.8, 4) is 0 Å². The van der Waals surface area contributed by atoms with E-state index in [2.05, 4.69) is 5.32 Å². The van der Waals surface area contributed by atoms with Gasteiger partial charge in [-0.25, -0.2) is 0 Å². The average molecular weight is 274 g/mol. The number of hydrogen-bond acceptors (Lipinski definition) is 3. The molecule has 3 nitrogen and oxygen atoms in total. The second-order valence-electron chi connectivity index (χ2n) is 4.06. The molecular formula is C12H13Cl2NO2. The van der Waals surface area contributed by atoms with Crippen molar-refractivity contribution in [3.63, 3.8) is 0 Å². The van der Waals surface area contributed by atoms with Crippen molar-refractivity contribution < 1.29 is 9.53 Å². The maximum absolute atomic E-state index is 11.6. The Bertz CT molecular complexity index is 437. The molecule has 1 aromatic rings. The second-order valence-corrected chi connectivity index (χ2v) is 4.90. The van der Waals surface area contributed by atoms with Crippen LogP contribution < -0.4 is 5.32 Å². The number of carbonyl (C=O) groups is 1. The number of nitrogens with one attached hydrogen (secondary N) is 1. The lowest BCUT2D eigenvalue weighted by Crippen LogP contribution is -2.23. The van der Waals surface area contributed by atoms with Crippen molar-refractivity contribution in [2.24, 2.45) is 5.92 Å². The monoisotopic (exact) mass is 273 g/mol. The van der Waals surface area contributed by atoms with Gasteiger partial charge in [0.05, 0.1) is 13.0 Å². The SMILES string of the molecule is COC(=O)[C@H]1CNC[C@H]1c1ccc(Cl)cc1Cl. The van der Waals surface area contributed by atoms with E-state index in [-0.39, 0.29) is 17.8 Å². The number of esters is 1. The molecule has 0 bridgehead atoms. The van der Waals surface area contributed by atoms with E-state index in [0.29, 0.717) is 16.6 Å². The Hall–Kier alpha value is -0.770. The van der Waals surface area contributed by atoms with Gasteiger partial charge in [-0.15, -0.1) is 0 Å². The van der Waals surface area contributed by atoms with Crippen LogP contribution >= 0.6 is 23.2 Å². The minimum atomic E-state index is -0.203. The minimum absolute atomic E-state index is 0.0483.